The molecule has 174 valence electrons. The summed E-state index contributed by atoms with van der Waals surface area (Å²) in [5.41, 5.74) is 0.725. The van der Waals surface area contributed by atoms with Crippen LogP contribution >= 0.6 is 0 Å². The highest BCUT2D eigenvalue weighted by atomic mass is 32.2. The highest BCUT2D eigenvalue weighted by Crippen LogP contribution is 2.39. The van der Waals surface area contributed by atoms with Crippen molar-refractivity contribution in [3.63, 3.8) is 0 Å². The van der Waals surface area contributed by atoms with Gasteiger partial charge in [0.1, 0.15) is 11.5 Å². The van der Waals surface area contributed by atoms with Gasteiger partial charge in [-0.2, -0.15) is 0 Å². The van der Waals surface area contributed by atoms with Crippen molar-refractivity contribution in [2.75, 3.05) is 0 Å². The maximum absolute atomic E-state index is 13.6. The molecule has 0 unspecified atom stereocenters. The van der Waals surface area contributed by atoms with Gasteiger partial charge in [-0.05, 0) is 34.1 Å². The standard InChI is InChI=1S/C24H30O7S/c1-23(2,3)15-7-13(9-19(25)26)21(29)17(11-15)32(31)18-12-16(24(4,5)6)8-14(22(18)30)10-20(27)28/h7-8,11-12,29-30H,9-10H2,1-6H3,(H,25,26)(H,27,28). The SMILES string of the molecule is CC(C)(C)c1cc(CC(=O)O)c(O)c(S(=O)c2cc(C(C)(C)C)cc(CC(=O)O)c2O)c1. The molecule has 8 heteroatoms. The van der Waals surface area contributed by atoms with E-state index in [0.29, 0.717) is 11.1 Å². The van der Waals surface area contributed by atoms with E-state index in [2.05, 4.69) is 0 Å². The monoisotopic (exact) mass is 462 g/mol. The molecule has 2 aromatic rings. The first-order valence-corrected chi connectivity index (χ1v) is 11.3. The summed E-state index contributed by atoms with van der Waals surface area (Å²) in [6, 6.07) is 6.23. The number of hydrogen-bond donors (Lipinski definition) is 4. The lowest BCUT2D eigenvalue weighted by Crippen LogP contribution is -2.15. The summed E-state index contributed by atoms with van der Waals surface area (Å²) < 4.78 is 13.6. The minimum Gasteiger partial charge on any atom is -0.506 e. The average Bonchev–Trinajstić information content (AvgIpc) is 2.61. The van der Waals surface area contributed by atoms with Crippen LogP contribution in [0, 0.1) is 0 Å². The first kappa shape index (κ1) is 25.4. The summed E-state index contributed by atoms with van der Waals surface area (Å²) >= 11 is 0. The van der Waals surface area contributed by atoms with Crippen LogP contribution < -0.4 is 0 Å². The second kappa shape index (κ2) is 8.94. The molecule has 7 nitrogen and oxygen atoms in total. The van der Waals surface area contributed by atoms with Crippen molar-refractivity contribution in [2.24, 2.45) is 0 Å². The minimum absolute atomic E-state index is 0.0312. The van der Waals surface area contributed by atoms with Crippen LogP contribution in [0.15, 0.2) is 34.1 Å². The minimum atomic E-state index is -2.10. The van der Waals surface area contributed by atoms with Crippen LogP contribution in [0.1, 0.15) is 63.8 Å². The van der Waals surface area contributed by atoms with Crippen LogP contribution in [0.4, 0.5) is 0 Å². The molecule has 0 aliphatic heterocycles. The van der Waals surface area contributed by atoms with Crippen LogP contribution in [0.3, 0.4) is 0 Å². The lowest BCUT2D eigenvalue weighted by atomic mass is 9.85. The Balaban J connectivity index is 2.81. The highest BCUT2D eigenvalue weighted by Gasteiger charge is 2.27. The van der Waals surface area contributed by atoms with Crippen molar-refractivity contribution in [3.8, 4) is 11.5 Å². The maximum atomic E-state index is 13.6. The Morgan fingerprint density at radius 2 is 1.03 bits per heavy atom. The number of carboxylic acids is 2. The summed E-state index contributed by atoms with van der Waals surface area (Å²) in [7, 11) is -2.10. The second-order valence-electron chi connectivity index (χ2n) is 9.87. The molecule has 0 heterocycles. The summed E-state index contributed by atoms with van der Waals surface area (Å²) in [5, 5.41) is 40.0. The Morgan fingerprint density at radius 3 is 1.28 bits per heavy atom. The number of phenols is 2. The van der Waals surface area contributed by atoms with E-state index in [1.54, 1.807) is 12.1 Å². The molecule has 2 aromatic carbocycles. The molecule has 4 N–H and O–H groups in total. The molecule has 0 fully saturated rings. The third-order valence-corrected chi connectivity index (χ3v) is 6.54. The largest absolute Gasteiger partial charge is 0.506 e. The van der Waals surface area contributed by atoms with Gasteiger partial charge in [0.15, 0.2) is 0 Å². The van der Waals surface area contributed by atoms with Gasteiger partial charge in [0.05, 0.1) is 33.4 Å². The number of benzene rings is 2. The van der Waals surface area contributed by atoms with Crippen molar-refractivity contribution >= 4 is 22.7 Å². The van der Waals surface area contributed by atoms with Crippen LogP contribution in [-0.4, -0.2) is 36.6 Å². The Bertz CT molecular complexity index is 1000. The van der Waals surface area contributed by atoms with Crippen molar-refractivity contribution < 1.29 is 34.2 Å². The van der Waals surface area contributed by atoms with Crippen LogP contribution in [0.5, 0.6) is 11.5 Å². The highest BCUT2D eigenvalue weighted by molar-refractivity contribution is 7.85. The number of aliphatic carboxylic acids is 2. The van der Waals surface area contributed by atoms with Crippen LogP contribution in [0.2, 0.25) is 0 Å². The molecular weight excluding hydrogens is 432 g/mol. The van der Waals surface area contributed by atoms with Gasteiger partial charge in [0.2, 0.25) is 0 Å². The molecular formula is C24H30O7S. The van der Waals surface area contributed by atoms with Crippen molar-refractivity contribution in [1.82, 2.24) is 0 Å². The molecule has 0 atom stereocenters. The van der Waals surface area contributed by atoms with Gasteiger partial charge in [-0.15, -0.1) is 0 Å². The van der Waals surface area contributed by atoms with E-state index in [0.717, 1.165) is 0 Å². The zero-order valence-electron chi connectivity index (χ0n) is 19.1. The summed E-state index contributed by atoms with van der Waals surface area (Å²) in [4.78, 5) is 22.6. The first-order chi connectivity index (χ1) is 14.5. The quantitative estimate of drug-likeness (QED) is 0.508. The van der Waals surface area contributed by atoms with Crippen LogP contribution in [-0.2, 0) is 44.1 Å². The van der Waals surface area contributed by atoms with Gasteiger partial charge in [0.25, 0.3) is 0 Å². The van der Waals surface area contributed by atoms with Crippen LogP contribution in [0.25, 0.3) is 0 Å². The predicted molar refractivity (Wildman–Crippen MR) is 121 cm³/mol. The molecule has 0 aromatic heterocycles. The third kappa shape index (κ3) is 5.68. The smallest absolute Gasteiger partial charge is 0.307 e. The molecule has 0 aliphatic rings. The Hall–Kier alpha value is -2.87. The lowest BCUT2D eigenvalue weighted by Gasteiger charge is -2.24. The fraction of sp³-hybridized carbons (Fsp3) is 0.417. The molecule has 2 rings (SSSR count). The van der Waals surface area contributed by atoms with Gasteiger partial charge >= 0.3 is 11.9 Å². The molecule has 0 saturated heterocycles. The number of carbonyl (C=O) groups is 2. The number of aromatic hydroxyl groups is 2. The third-order valence-electron chi connectivity index (χ3n) is 5.12. The normalized spacial score (nSPS) is 12.2. The predicted octanol–water partition coefficient (Wildman–Crippen LogP) is 4.11. The first-order valence-electron chi connectivity index (χ1n) is 10.1. The van der Waals surface area contributed by atoms with Crippen molar-refractivity contribution in [2.45, 2.75) is 75.0 Å². The average molecular weight is 463 g/mol. The Morgan fingerprint density at radius 1 is 0.719 bits per heavy atom. The van der Waals surface area contributed by atoms with Crippen molar-refractivity contribution in [1.29, 1.82) is 0 Å². The summed E-state index contributed by atoms with van der Waals surface area (Å²) in [6.45, 7) is 11.4. The van der Waals surface area contributed by atoms with Gasteiger partial charge in [0, 0.05) is 11.1 Å². The molecule has 0 amide bonds. The fourth-order valence-electron chi connectivity index (χ4n) is 3.19. The van der Waals surface area contributed by atoms with E-state index in [-0.39, 0.29) is 20.9 Å². The number of rotatable bonds is 6. The fourth-order valence-corrected chi connectivity index (χ4v) is 4.51. The van der Waals surface area contributed by atoms with E-state index in [1.165, 1.54) is 12.1 Å². The van der Waals surface area contributed by atoms with Crippen molar-refractivity contribution in [3.05, 3.63) is 46.5 Å². The van der Waals surface area contributed by atoms with E-state index >= 15 is 0 Å². The Labute approximate surface area is 190 Å². The molecule has 0 bridgehead atoms. The number of phenolic OH excluding ortho intramolecular Hbond substituents is 2. The second-order valence-corrected chi connectivity index (χ2v) is 11.3. The van der Waals surface area contributed by atoms with Gasteiger partial charge in [-0.3, -0.25) is 9.59 Å². The zero-order valence-corrected chi connectivity index (χ0v) is 20.0. The zero-order chi connectivity index (χ0) is 24.6. The summed E-state index contributed by atoms with van der Waals surface area (Å²) in [5.74, 6) is -3.13. The molecule has 0 radical (unpaired) electrons. The molecule has 0 aliphatic carbocycles. The lowest BCUT2D eigenvalue weighted by molar-refractivity contribution is -0.137. The van der Waals surface area contributed by atoms with E-state index in [4.69, 9.17) is 0 Å². The van der Waals surface area contributed by atoms with Gasteiger partial charge < -0.3 is 20.4 Å². The van der Waals surface area contributed by atoms with Gasteiger partial charge in [-0.1, -0.05) is 53.7 Å². The topological polar surface area (TPSA) is 132 Å². The molecule has 0 spiro atoms. The van der Waals surface area contributed by atoms with Gasteiger partial charge in [-0.25, -0.2) is 4.21 Å². The van der Waals surface area contributed by atoms with E-state index in [9.17, 15) is 34.2 Å². The number of carboxylic acid groups (broad SMARTS) is 2. The molecule has 32 heavy (non-hydrogen) atoms. The Kier molecular flexibility index (Phi) is 7.09. The maximum Gasteiger partial charge on any atom is 0.307 e. The van der Waals surface area contributed by atoms with E-state index in [1.807, 2.05) is 41.5 Å². The summed E-state index contributed by atoms with van der Waals surface area (Å²) in [6.07, 6.45) is -0.920. The number of hydrogen-bond acceptors (Lipinski definition) is 5. The van der Waals surface area contributed by atoms with E-state index < -0.39 is 57.9 Å². The molecule has 0 saturated carbocycles.